The van der Waals surface area contributed by atoms with Gasteiger partial charge in [0.05, 0.1) is 7.11 Å². The van der Waals surface area contributed by atoms with Crippen LogP contribution in [0, 0.1) is 0 Å². The monoisotopic (exact) mass is 412 g/mol. The van der Waals surface area contributed by atoms with Gasteiger partial charge in [-0.1, -0.05) is 5.16 Å². The molecular formula is C21H24N4O3S. The summed E-state index contributed by atoms with van der Waals surface area (Å²) in [4.78, 5) is 19.0. The van der Waals surface area contributed by atoms with Crippen LogP contribution in [0.25, 0.3) is 11.4 Å². The maximum Gasteiger partial charge on any atom is 0.227 e. The summed E-state index contributed by atoms with van der Waals surface area (Å²) in [5.74, 6) is 1.96. The lowest BCUT2D eigenvalue weighted by Gasteiger charge is -2.34. The summed E-state index contributed by atoms with van der Waals surface area (Å²) >= 11 is 1.59. The number of thiophene rings is 1. The van der Waals surface area contributed by atoms with E-state index in [1.165, 1.54) is 5.69 Å². The van der Waals surface area contributed by atoms with Crippen molar-refractivity contribution in [3.8, 4) is 17.1 Å². The minimum Gasteiger partial charge on any atom is -0.497 e. The van der Waals surface area contributed by atoms with Gasteiger partial charge in [-0.15, -0.1) is 0 Å². The third-order valence-electron chi connectivity index (χ3n) is 5.11. The zero-order chi connectivity index (χ0) is 20.1. The Labute approximate surface area is 173 Å². The molecule has 4 rings (SSSR count). The van der Waals surface area contributed by atoms with Gasteiger partial charge >= 0.3 is 0 Å². The van der Waals surface area contributed by atoms with Gasteiger partial charge < -0.3 is 19.5 Å². The van der Waals surface area contributed by atoms with E-state index in [1.54, 1.807) is 18.4 Å². The summed E-state index contributed by atoms with van der Waals surface area (Å²) in [6.07, 6.45) is 2.67. The van der Waals surface area contributed by atoms with Crippen LogP contribution in [0.4, 0.5) is 5.69 Å². The Morgan fingerprint density at radius 2 is 2.07 bits per heavy atom. The van der Waals surface area contributed by atoms with Crippen LogP contribution < -0.4 is 15.0 Å². The number of nitrogens with zero attached hydrogens (tertiary/aromatic N) is 3. The SMILES string of the molecule is COc1ccc(N2CCC(NC(=O)CCc3nc(-c4ccsc4)no3)CC2)cc1. The molecule has 2 aromatic heterocycles. The first-order chi connectivity index (χ1) is 14.2. The normalized spacial score (nSPS) is 14.7. The lowest BCUT2D eigenvalue weighted by Crippen LogP contribution is -2.44. The van der Waals surface area contributed by atoms with E-state index >= 15 is 0 Å². The molecule has 1 saturated heterocycles. The molecule has 0 unspecified atom stereocenters. The van der Waals surface area contributed by atoms with E-state index in [4.69, 9.17) is 9.26 Å². The molecule has 152 valence electrons. The summed E-state index contributed by atoms with van der Waals surface area (Å²) in [6.45, 7) is 1.84. The Morgan fingerprint density at radius 3 is 2.76 bits per heavy atom. The molecule has 1 aliphatic heterocycles. The van der Waals surface area contributed by atoms with E-state index in [9.17, 15) is 4.79 Å². The molecule has 3 aromatic rings. The van der Waals surface area contributed by atoms with Crippen molar-refractivity contribution in [2.24, 2.45) is 0 Å². The number of benzene rings is 1. The molecule has 29 heavy (non-hydrogen) atoms. The van der Waals surface area contributed by atoms with Crippen molar-refractivity contribution in [3.05, 3.63) is 47.0 Å². The zero-order valence-corrected chi connectivity index (χ0v) is 17.2. The summed E-state index contributed by atoms with van der Waals surface area (Å²) < 4.78 is 10.5. The molecule has 8 heteroatoms. The lowest BCUT2D eigenvalue weighted by atomic mass is 10.0. The van der Waals surface area contributed by atoms with Crippen LogP contribution in [0.1, 0.15) is 25.2 Å². The predicted molar refractivity (Wildman–Crippen MR) is 112 cm³/mol. The molecule has 1 fully saturated rings. The Morgan fingerprint density at radius 1 is 1.28 bits per heavy atom. The van der Waals surface area contributed by atoms with Gasteiger partial charge in [-0.05, 0) is 48.6 Å². The number of aryl methyl sites for hydroxylation is 1. The largest absolute Gasteiger partial charge is 0.497 e. The first-order valence-corrected chi connectivity index (χ1v) is 10.7. The second-order valence-corrected chi connectivity index (χ2v) is 7.83. The molecule has 3 heterocycles. The fourth-order valence-corrected chi connectivity index (χ4v) is 4.10. The van der Waals surface area contributed by atoms with E-state index in [1.807, 2.05) is 29.0 Å². The van der Waals surface area contributed by atoms with E-state index in [0.29, 0.717) is 24.6 Å². The number of hydrogen-bond donors (Lipinski definition) is 1. The molecule has 0 atom stereocenters. The molecule has 0 radical (unpaired) electrons. The molecule has 1 aliphatic rings. The van der Waals surface area contributed by atoms with Crippen LogP contribution in [0.3, 0.4) is 0 Å². The number of carbonyl (C=O) groups excluding carboxylic acids is 1. The van der Waals surface area contributed by atoms with Crippen LogP contribution in [0.15, 0.2) is 45.6 Å². The van der Waals surface area contributed by atoms with Crippen molar-refractivity contribution in [3.63, 3.8) is 0 Å². The molecule has 1 N–H and O–H groups in total. The number of anilines is 1. The van der Waals surface area contributed by atoms with E-state index in [2.05, 4.69) is 32.5 Å². The van der Waals surface area contributed by atoms with Crippen molar-refractivity contribution in [1.29, 1.82) is 0 Å². The molecule has 7 nitrogen and oxygen atoms in total. The number of nitrogens with one attached hydrogen (secondary N) is 1. The third-order valence-corrected chi connectivity index (χ3v) is 5.79. The summed E-state index contributed by atoms with van der Waals surface area (Å²) in [5, 5.41) is 11.1. The molecule has 0 bridgehead atoms. The Balaban J connectivity index is 1.21. The zero-order valence-electron chi connectivity index (χ0n) is 16.3. The first-order valence-electron chi connectivity index (χ1n) is 9.75. The van der Waals surface area contributed by atoms with Crippen LogP contribution >= 0.6 is 11.3 Å². The number of ether oxygens (including phenoxy) is 1. The average Bonchev–Trinajstić information content (AvgIpc) is 3.45. The van der Waals surface area contributed by atoms with Crippen LogP contribution in [0.2, 0.25) is 0 Å². The number of methoxy groups -OCH3 is 1. The van der Waals surface area contributed by atoms with Gasteiger partial charge in [-0.25, -0.2) is 0 Å². The standard InChI is InChI=1S/C21H24N4O3S/c1-27-18-4-2-17(3-5-18)25-11-8-16(9-12-25)22-19(26)6-7-20-23-21(24-28-20)15-10-13-29-14-15/h2-5,10,13-14,16H,6-9,11-12H2,1H3,(H,22,26). The van der Waals surface area contributed by atoms with Gasteiger partial charge in [0, 0.05) is 48.6 Å². The van der Waals surface area contributed by atoms with Gasteiger partial charge in [0.25, 0.3) is 0 Å². The van der Waals surface area contributed by atoms with Crippen molar-refractivity contribution in [1.82, 2.24) is 15.5 Å². The lowest BCUT2D eigenvalue weighted by molar-refractivity contribution is -0.122. The number of hydrogen-bond acceptors (Lipinski definition) is 7. The van der Waals surface area contributed by atoms with Gasteiger partial charge in [0.15, 0.2) is 0 Å². The third kappa shape index (κ3) is 4.95. The Kier molecular flexibility index (Phi) is 6.09. The quantitative estimate of drug-likeness (QED) is 0.640. The van der Waals surface area contributed by atoms with Gasteiger partial charge in [-0.2, -0.15) is 16.3 Å². The molecular weight excluding hydrogens is 388 g/mol. The Bertz CT molecular complexity index is 916. The predicted octanol–water partition coefficient (Wildman–Crippen LogP) is 3.52. The number of rotatable bonds is 7. The van der Waals surface area contributed by atoms with Crippen molar-refractivity contribution in [2.75, 3.05) is 25.1 Å². The van der Waals surface area contributed by atoms with Crippen LogP contribution in [-0.2, 0) is 11.2 Å². The molecule has 0 spiro atoms. The van der Waals surface area contributed by atoms with Gasteiger partial charge in [0.2, 0.25) is 17.6 Å². The highest BCUT2D eigenvalue weighted by molar-refractivity contribution is 7.08. The summed E-state index contributed by atoms with van der Waals surface area (Å²) in [5.41, 5.74) is 2.13. The van der Waals surface area contributed by atoms with Gasteiger partial charge in [-0.3, -0.25) is 4.79 Å². The summed E-state index contributed by atoms with van der Waals surface area (Å²) in [7, 11) is 1.67. The molecule has 0 aliphatic carbocycles. The van der Waals surface area contributed by atoms with Crippen LogP contribution in [0.5, 0.6) is 5.75 Å². The highest BCUT2D eigenvalue weighted by Gasteiger charge is 2.21. The van der Waals surface area contributed by atoms with Crippen molar-refractivity contribution >= 4 is 22.9 Å². The number of aromatic nitrogens is 2. The first kappa shape index (κ1) is 19.4. The van der Waals surface area contributed by atoms with E-state index < -0.39 is 0 Å². The smallest absolute Gasteiger partial charge is 0.227 e. The van der Waals surface area contributed by atoms with Crippen molar-refractivity contribution < 1.29 is 14.1 Å². The maximum atomic E-state index is 12.3. The number of carbonyl (C=O) groups is 1. The maximum absolute atomic E-state index is 12.3. The van der Waals surface area contributed by atoms with Crippen molar-refractivity contribution in [2.45, 2.75) is 31.7 Å². The number of piperidine rings is 1. The van der Waals surface area contributed by atoms with Crippen LogP contribution in [-0.4, -0.2) is 42.3 Å². The topological polar surface area (TPSA) is 80.5 Å². The highest BCUT2D eigenvalue weighted by atomic mass is 32.1. The highest BCUT2D eigenvalue weighted by Crippen LogP contribution is 2.23. The molecule has 1 aromatic carbocycles. The van der Waals surface area contributed by atoms with E-state index in [-0.39, 0.29) is 11.9 Å². The summed E-state index contributed by atoms with van der Waals surface area (Å²) in [6, 6.07) is 10.3. The average molecular weight is 413 g/mol. The fourth-order valence-electron chi connectivity index (χ4n) is 3.46. The fraction of sp³-hybridized carbons (Fsp3) is 0.381. The minimum atomic E-state index is 0.0307. The number of amides is 1. The van der Waals surface area contributed by atoms with Gasteiger partial charge in [0.1, 0.15) is 5.75 Å². The second kappa shape index (κ2) is 9.09. The minimum absolute atomic E-state index is 0.0307. The molecule has 0 saturated carbocycles. The molecule has 1 amide bonds. The Hall–Kier alpha value is -2.87. The van der Waals surface area contributed by atoms with E-state index in [0.717, 1.165) is 37.2 Å². The second-order valence-electron chi connectivity index (χ2n) is 7.05.